The first-order valence-corrected chi connectivity index (χ1v) is 9.30. The molecule has 4 heteroatoms. The summed E-state index contributed by atoms with van der Waals surface area (Å²) >= 11 is 0. The Hall–Kier alpha value is -3.92. The van der Waals surface area contributed by atoms with Gasteiger partial charge in [0.1, 0.15) is 12.2 Å². The first-order chi connectivity index (χ1) is 14.2. The van der Waals surface area contributed by atoms with E-state index in [2.05, 4.69) is 0 Å². The van der Waals surface area contributed by atoms with E-state index in [-0.39, 0.29) is 6.61 Å². The van der Waals surface area contributed by atoms with Gasteiger partial charge in [0.2, 0.25) is 0 Å². The van der Waals surface area contributed by atoms with Crippen molar-refractivity contribution in [3.63, 3.8) is 0 Å². The van der Waals surface area contributed by atoms with Crippen LogP contribution < -0.4 is 5.63 Å². The summed E-state index contributed by atoms with van der Waals surface area (Å²) in [5.74, 6) is -0.427. The molecule has 4 nitrogen and oxygen atoms in total. The second-order valence-corrected chi connectivity index (χ2v) is 6.85. The van der Waals surface area contributed by atoms with Crippen molar-refractivity contribution >= 4 is 38.5 Å². The zero-order valence-electron chi connectivity index (χ0n) is 15.4. The fourth-order valence-electron chi connectivity index (χ4n) is 3.76. The second kappa shape index (κ2) is 6.91. The number of ether oxygens (including phenoxy) is 1. The van der Waals surface area contributed by atoms with Gasteiger partial charge in [-0.3, -0.25) is 0 Å². The molecule has 140 valence electrons. The number of carbonyl (C=O) groups is 1. The smallest absolute Gasteiger partial charge is 0.339 e. The van der Waals surface area contributed by atoms with Crippen LogP contribution in [0.3, 0.4) is 0 Å². The molecule has 0 N–H and O–H groups in total. The van der Waals surface area contributed by atoms with Crippen LogP contribution in [0.5, 0.6) is 0 Å². The number of benzene rings is 4. The molecule has 0 saturated carbocycles. The van der Waals surface area contributed by atoms with E-state index in [4.69, 9.17) is 9.15 Å². The van der Waals surface area contributed by atoms with E-state index in [0.29, 0.717) is 16.7 Å². The van der Waals surface area contributed by atoms with Crippen molar-refractivity contribution in [3.05, 3.63) is 106 Å². The summed E-state index contributed by atoms with van der Waals surface area (Å²) in [5.41, 5.74) is 1.14. The van der Waals surface area contributed by atoms with Crippen molar-refractivity contribution in [1.82, 2.24) is 0 Å². The highest BCUT2D eigenvalue weighted by molar-refractivity contribution is 6.07. The summed E-state index contributed by atoms with van der Waals surface area (Å²) in [6.45, 7) is -0.0157. The van der Waals surface area contributed by atoms with Crippen molar-refractivity contribution in [3.8, 4) is 0 Å². The lowest BCUT2D eigenvalue weighted by molar-refractivity contribution is 0.0476. The number of rotatable bonds is 3. The highest BCUT2D eigenvalue weighted by Crippen LogP contribution is 2.28. The Kier molecular flexibility index (Phi) is 4.10. The Morgan fingerprint density at radius 1 is 0.793 bits per heavy atom. The first kappa shape index (κ1) is 17.2. The SMILES string of the molecule is O=C(OCc1cc(=O)oc2ccc3ccccc3c12)c1cccc2ccccc12. The fraction of sp³-hybridized carbons (Fsp3) is 0.0400. The van der Waals surface area contributed by atoms with Crippen LogP contribution >= 0.6 is 0 Å². The van der Waals surface area contributed by atoms with E-state index in [1.165, 1.54) is 6.07 Å². The molecule has 0 atom stereocenters. The van der Waals surface area contributed by atoms with Gasteiger partial charge >= 0.3 is 11.6 Å². The van der Waals surface area contributed by atoms with Crippen LogP contribution in [0, 0.1) is 0 Å². The molecule has 5 aromatic rings. The Morgan fingerprint density at radius 2 is 1.48 bits per heavy atom. The molecule has 0 aliphatic rings. The summed E-state index contributed by atoms with van der Waals surface area (Å²) in [6.07, 6.45) is 0. The van der Waals surface area contributed by atoms with Crippen molar-refractivity contribution < 1.29 is 13.9 Å². The summed E-state index contributed by atoms with van der Waals surface area (Å²) in [7, 11) is 0. The molecule has 0 aliphatic heterocycles. The van der Waals surface area contributed by atoms with E-state index >= 15 is 0 Å². The average Bonchev–Trinajstić information content (AvgIpc) is 2.76. The van der Waals surface area contributed by atoms with E-state index in [0.717, 1.165) is 26.9 Å². The van der Waals surface area contributed by atoms with Crippen LogP contribution in [0.25, 0.3) is 32.5 Å². The van der Waals surface area contributed by atoms with E-state index < -0.39 is 11.6 Å². The van der Waals surface area contributed by atoms with Gasteiger partial charge in [-0.1, -0.05) is 66.7 Å². The molecular weight excluding hydrogens is 364 g/mol. The van der Waals surface area contributed by atoms with Gasteiger partial charge in [0, 0.05) is 17.0 Å². The number of fused-ring (bicyclic) bond motifs is 4. The molecule has 0 aliphatic carbocycles. The summed E-state index contributed by atoms with van der Waals surface area (Å²) in [6, 6.07) is 26.1. The summed E-state index contributed by atoms with van der Waals surface area (Å²) in [5, 5.41) is 4.57. The average molecular weight is 380 g/mol. The molecule has 0 fully saturated rings. The Balaban J connectivity index is 1.56. The van der Waals surface area contributed by atoms with Gasteiger partial charge in [0.15, 0.2) is 0 Å². The van der Waals surface area contributed by atoms with Crippen LogP contribution in [0.2, 0.25) is 0 Å². The van der Waals surface area contributed by atoms with Gasteiger partial charge in [0.25, 0.3) is 0 Å². The molecule has 1 heterocycles. The van der Waals surface area contributed by atoms with E-state index in [1.54, 1.807) is 12.1 Å². The minimum absolute atomic E-state index is 0.0157. The van der Waals surface area contributed by atoms with Gasteiger partial charge in [-0.05, 0) is 33.7 Å². The van der Waals surface area contributed by atoms with Crippen LogP contribution in [-0.4, -0.2) is 5.97 Å². The van der Waals surface area contributed by atoms with Crippen LogP contribution in [0.4, 0.5) is 0 Å². The number of carbonyl (C=O) groups excluding carboxylic acids is 1. The van der Waals surface area contributed by atoms with Crippen LogP contribution in [0.15, 0.2) is 94.1 Å². The normalized spacial score (nSPS) is 11.2. The van der Waals surface area contributed by atoms with Gasteiger partial charge in [0.05, 0.1) is 5.56 Å². The van der Waals surface area contributed by atoms with Crippen LogP contribution in [0.1, 0.15) is 15.9 Å². The fourth-order valence-corrected chi connectivity index (χ4v) is 3.76. The molecular formula is C25H16O4. The third kappa shape index (κ3) is 3.05. The number of hydrogen-bond acceptors (Lipinski definition) is 4. The molecule has 4 aromatic carbocycles. The predicted molar refractivity (Wildman–Crippen MR) is 113 cm³/mol. The van der Waals surface area contributed by atoms with Gasteiger partial charge in [-0.15, -0.1) is 0 Å². The Labute approximate surface area is 166 Å². The number of hydrogen-bond donors (Lipinski definition) is 0. The maximum atomic E-state index is 12.8. The largest absolute Gasteiger partial charge is 0.457 e. The van der Waals surface area contributed by atoms with Gasteiger partial charge in [-0.2, -0.15) is 0 Å². The highest BCUT2D eigenvalue weighted by Gasteiger charge is 2.14. The predicted octanol–water partition coefficient (Wildman–Crippen LogP) is 5.46. The number of esters is 1. The zero-order chi connectivity index (χ0) is 19.8. The molecule has 0 spiro atoms. The molecule has 29 heavy (non-hydrogen) atoms. The van der Waals surface area contributed by atoms with Crippen molar-refractivity contribution in [1.29, 1.82) is 0 Å². The maximum absolute atomic E-state index is 12.8. The lowest BCUT2D eigenvalue weighted by Crippen LogP contribution is -2.08. The Morgan fingerprint density at radius 3 is 2.31 bits per heavy atom. The van der Waals surface area contributed by atoms with Crippen molar-refractivity contribution in [2.45, 2.75) is 6.61 Å². The molecule has 0 bridgehead atoms. The van der Waals surface area contributed by atoms with Gasteiger partial charge < -0.3 is 9.15 Å². The molecule has 0 radical (unpaired) electrons. The van der Waals surface area contributed by atoms with E-state index in [9.17, 15) is 9.59 Å². The summed E-state index contributed by atoms with van der Waals surface area (Å²) < 4.78 is 11.0. The molecule has 0 unspecified atom stereocenters. The van der Waals surface area contributed by atoms with Crippen molar-refractivity contribution in [2.75, 3.05) is 0 Å². The molecule has 0 amide bonds. The second-order valence-electron chi connectivity index (χ2n) is 6.85. The third-order valence-corrected chi connectivity index (χ3v) is 5.08. The maximum Gasteiger partial charge on any atom is 0.339 e. The molecule has 5 rings (SSSR count). The standard InChI is InChI=1S/C25H16O4/c26-23-14-18(24-20-10-4-2-7-17(20)12-13-22(24)29-23)15-28-25(27)21-11-5-8-16-6-1-3-9-19(16)21/h1-14H,15H2. The quantitative estimate of drug-likeness (QED) is 0.237. The summed E-state index contributed by atoms with van der Waals surface area (Å²) in [4.78, 5) is 24.8. The third-order valence-electron chi connectivity index (χ3n) is 5.08. The lowest BCUT2D eigenvalue weighted by atomic mass is 10.0. The lowest BCUT2D eigenvalue weighted by Gasteiger charge is -2.10. The first-order valence-electron chi connectivity index (χ1n) is 9.30. The zero-order valence-corrected chi connectivity index (χ0v) is 15.4. The minimum Gasteiger partial charge on any atom is -0.457 e. The monoisotopic (exact) mass is 380 g/mol. The van der Waals surface area contributed by atoms with Crippen LogP contribution in [-0.2, 0) is 11.3 Å². The van der Waals surface area contributed by atoms with E-state index in [1.807, 2.05) is 66.7 Å². The van der Waals surface area contributed by atoms with Gasteiger partial charge in [-0.25, -0.2) is 9.59 Å². The Bertz CT molecular complexity index is 1440. The molecule has 0 saturated heterocycles. The highest BCUT2D eigenvalue weighted by atomic mass is 16.5. The minimum atomic E-state index is -0.469. The van der Waals surface area contributed by atoms with Crippen molar-refractivity contribution in [2.24, 2.45) is 0 Å². The topological polar surface area (TPSA) is 56.5 Å². The molecule has 1 aromatic heterocycles.